The first-order valence-corrected chi connectivity index (χ1v) is 6.83. The summed E-state index contributed by atoms with van der Waals surface area (Å²) in [5.74, 6) is 0.957. The van der Waals surface area contributed by atoms with Gasteiger partial charge in [0, 0.05) is 14.2 Å². The molecule has 0 spiro atoms. The minimum Gasteiger partial charge on any atom is -0.397 e. The Morgan fingerprint density at radius 2 is 1.69 bits per heavy atom. The Labute approximate surface area is 83.5 Å². The van der Waals surface area contributed by atoms with Gasteiger partial charge in [-0.1, -0.05) is 32.1 Å². The molecule has 2 nitrogen and oxygen atoms in total. The second kappa shape index (κ2) is 6.57. The van der Waals surface area contributed by atoms with Gasteiger partial charge in [0.1, 0.15) is 0 Å². The van der Waals surface area contributed by atoms with E-state index in [1.807, 2.05) is 0 Å². The Bertz CT molecular complexity index is 120. The van der Waals surface area contributed by atoms with Crippen LogP contribution < -0.4 is 0 Å². The summed E-state index contributed by atoms with van der Waals surface area (Å²) < 4.78 is 10.5. The third-order valence-electron chi connectivity index (χ3n) is 2.94. The number of rotatable bonds is 5. The van der Waals surface area contributed by atoms with E-state index in [0.29, 0.717) is 0 Å². The summed E-state index contributed by atoms with van der Waals surface area (Å²) in [7, 11) is 2.60. The number of hydrogen-bond acceptors (Lipinski definition) is 2. The van der Waals surface area contributed by atoms with Crippen molar-refractivity contribution in [2.75, 3.05) is 14.2 Å². The van der Waals surface area contributed by atoms with Gasteiger partial charge in [-0.25, -0.2) is 0 Å². The van der Waals surface area contributed by atoms with Gasteiger partial charge >= 0.3 is 9.28 Å². The molecule has 1 fully saturated rings. The molecular formula is C10H21O2Si. The van der Waals surface area contributed by atoms with Crippen molar-refractivity contribution in [1.29, 1.82) is 0 Å². The molecule has 3 heteroatoms. The maximum Gasteiger partial charge on any atom is 0.384 e. The molecular weight excluding hydrogens is 180 g/mol. The third-order valence-corrected chi connectivity index (χ3v) is 4.54. The summed E-state index contributed by atoms with van der Waals surface area (Å²) in [6, 6.07) is 1.16. The minimum atomic E-state index is -0.922. The van der Waals surface area contributed by atoms with E-state index in [0.717, 1.165) is 12.0 Å². The lowest BCUT2D eigenvalue weighted by molar-refractivity contribution is 0.267. The molecule has 0 aromatic heterocycles. The molecule has 0 unspecified atom stereocenters. The summed E-state index contributed by atoms with van der Waals surface area (Å²) in [4.78, 5) is 0. The van der Waals surface area contributed by atoms with Crippen molar-refractivity contribution in [3.8, 4) is 0 Å². The lowest BCUT2D eigenvalue weighted by Gasteiger charge is -2.22. The molecule has 0 amide bonds. The predicted octanol–water partition coefficient (Wildman–Crippen LogP) is 2.74. The first-order valence-electron chi connectivity index (χ1n) is 5.30. The van der Waals surface area contributed by atoms with Crippen LogP contribution in [0.4, 0.5) is 0 Å². The largest absolute Gasteiger partial charge is 0.397 e. The van der Waals surface area contributed by atoms with Crippen molar-refractivity contribution in [2.45, 2.75) is 44.6 Å². The van der Waals surface area contributed by atoms with E-state index in [4.69, 9.17) is 8.85 Å². The molecule has 1 saturated carbocycles. The van der Waals surface area contributed by atoms with E-state index in [1.54, 1.807) is 14.2 Å². The van der Waals surface area contributed by atoms with Gasteiger partial charge in [-0.15, -0.1) is 0 Å². The van der Waals surface area contributed by atoms with Gasteiger partial charge in [0.25, 0.3) is 0 Å². The normalized spacial score (nSPS) is 19.6. The summed E-state index contributed by atoms with van der Waals surface area (Å²) in [5.41, 5.74) is 0. The van der Waals surface area contributed by atoms with Crippen molar-refractivity contribution in [2.24, 2.45) is 5.92 Å². The van der Waals surface area contributed by atoms with E-state index in [9.17, 15) is 0 Å². The first-order chi connectivity index (χ1) is 6.36. The Balaban J connectivity index is 2.09. The zero-order valence-electron chi connectivity index (χ0n) is 8.84. The van der Waals surface area contributed by atoms with Crippen LogP contribution in [-0.2, 0) is 8.85 Å². The molecule has 1 aliphatic rings. The molecule has 13 heavy (non-hydrogen) atoms. The van der Waals surface area contributed by atoms with Gasteiger partial charge in [0.05, 0.1) is 0 Å². The molecule has 1 aliphatic carbocycles. The lowest BCUT2D eigenvalue weighted by atomic mass is 9.88. The van der Waals surface area contributed by atoms with E-state index in [1.165, 1.54) is 38.5 Å². The quantitative estimate of drug-likeness (QED) is 0.637. The van der Waals surface area contributed by atoms with Crippen LogP contribution >= 0.6 is 0 Å². The van der Waals surface area contributed by atoms with Crippen molar-refractivity contribution in [1.82, 2.24) is 0 Å². The zero-order valence-corrected chi connectivity index (χ0v) is 9.84. The molecule has 0 aromatic carbocycles. The monoisotopic (exact) mass is 201 g/mol. The molecule has 0 N–H and O–H groups in total. The highest BCUT2D eigenvalue weighted by Crippen LogP contribution is 2.27. The van der Waals surface area contributed by atoms with Crippen molar-refractivity contribution < 1.29 is 8.85 Å². The van der Waals surface area contributed by atoms with E-state index < -0.39 is 9.28 Å². The molecule has 0 heterocycles. The minimum absolute atomic E-state index is 0.922. The SMILES string of the molecule is CO[Si](CCC1CCCCC1)OC. The van der Waals surface area contributed by atoms with Crippen LogP contribution in [0.3, 0.4) is 0 Å². The second-order valence-electron chi connectivity index (χ2n) is 3.82. The van der Waals surface area contributed by atoms with E-state index >= 15 is 0 Å². The lowest BCUT2D eigenvalue weighted by Crippen LogP contribution is -2.20. The van der Waals surface area contributed by atoms with Gasteiger partial charge in [0.2, 0.25) is 0 Å². The molecule has 0 aromatic rings. The van der Waals surface area contributed by atoms with Gasteiger partial charge in [-0.2, -0.15) is 0 Å². The molecule has 1 rings (SSSR count). The van der Waals surface area contributed by atoms with Gasteiger partial charge in [0.15, 0.2) is 0 Å². The molecule has 0 aliphatic heterocycles. The van der Waals surface area contributed by atoms with Crippen molar-refractivity contribution >= 4 is 9.28 Å². The zero-order chi connectivity index (χ0) is 9.52. The van der Waals surface area contributed by atoms with Crippen LogP contribution in [0.2, 0.25) is 6.04 Å². The Morgan fingerprint density at radius 1 is 1.08 bits per heavy atom. The van der Waals surface area contributed by atoms with Crippen molar-refractivity contribution in [3.63, 3.8) is 0 Å². The average Bonchev–Trinajstić information content (AvgIpc) is 2.21. The maximum atomic E-state index is 5.27. The van der Waals surface area contributed by atoms with Crippen molar-refractivity contribution in [3.05, 3.63) is 0 Å². The summed E-state index contributed by atoms with van der Waals surface area (Å²) in [5, 5.41) is 0. The highest BCUT2D eigenvalue weighted by atomic mass is 28.3. The topological polar surface area (TPSA) is 18.5 Å². The van der Waals surface area contributed by atoms with Crippen LogP contribution in [0.25, 0.3) is 0 Å². The van der Waals surface area contributed by atoms with E-state index in [2.05, 4.69) is 0 Å². The standard InChI is InChI=1S/C10H21O2Si/c1-11-13(12-2)9-8-10-6-4-3-5-7-10/h10H,3-9H2,1-2H3. The van der Waals surface area contributed by atoms with Crippen LogP contribution in [0.1, 0.15) is 38.5 Å². The summed E-state index contributed by atoms with van der Waals surface area (Å²) in [6.45, 7) is 0. The molecule has 0 atom stereocenters. The predicted molar refractivity (Wildman–Crippen MR) is 55.8 cm³/mol. The third kappa shape index (κ3) is 4.25. The highest BCUT2D eigenvalue weighted by Gasteiger charge is 2.18. The highest BCUT2D eigenvalue weighted by molar-refractivity contribution is 6.44. The fourth-order valence-corrected chi connectivity index (χ4v) is 3.30. The fraction of sp³-hybridized carbons (Fsp3) is 1.00. The smallest absolute Gasteiger partial charge is 0.384 e. The summed E-state index contributed by atoms with van der Waals surface area (Å²) in [6.07, 6.45) is 8.50. The van der Waals surface area contributed by atoms with Gasteiger partial charge < -0.3 is 8.85 Å². The maximum absolute atomic E-state index is 5.27. The van der Waals surface area contributed by atoms with Crippen LogP contribution in [0.5, 0.6) is 0 Å². The molecule has 1 radical (unpaired) electrons. The van der Waals surface area contributed by atoms with Crippen LogP contribution in [0.15, 0.2) is 0 Å². The van der Waals surface area contributed by atoms with Gasteiger partial charge in [-0.05, 0) is 18.4 Å². The fourth-order valence-electron chi connectivity index (χ4n) is 2.09. The average molecular weight is 201 g/mol. The Morgan fingerprint density at radius 3 is 2.23 bits per heavy atom. The first kappa shape index (κ1) is 11.2. The molecule has 0 bridgehead atoms. The van der Waals surface area contributed by atoms with Crippen LogP contribution in [-0.4, -0.2) is 23.5 Å². The Hall–Kier alpha value is 0.137. The molecule has 77 valence electrons. The van der Waals surface area contributed by atoms with Crippen LogP contribution in [0, 0.1) is 5.92 Å². The molecule has 0 saturated heterocycles. The number of hydrogen-bond donors (Lipinski definition) is 0. The van der Waals surface area contributed by atoms with Gasteiger partial charge in [-0.3, -0.25) is 0 Å². The van der Waals surface area contributed by atoms with E-state index in [-0.39, 0.29) is 0 Å². The Kier molecular flexibility index (Phi) is 5.67. The second-order valence-corrected chi connectivity index (χ2v) is 5.88. The summed E-state index contributed by atoms with van der Waals surface area (Å²) >= 11 is 0.